The van der Waals surface area contributed by atoms with Crippen molar-refractivity contribution in [3.63, 3.8) is 0 Å². The third-order valence-electron chi connectivity index (χ3n) is 3.65. The van der Waals surface area contributed by atoms with E-state index in [2.05, 4.69) is 10.6 Å². The van der Waals surface area contributed by atoms with E-state index >= 15 is 0 Å². The van der Waals surface area contributed by atoms with Crippen LogP contribution >= 0.6 is 0 Å². The summed E-state index contributed by atoms with van der Waals surface area (Å²) in [6.07, 6.45) is 0.524. The first-order valence-electron chi connectivity index (χ1n) is 6.96. The van der Waals surface area contributed by atoms with Crippen LogP contribution in [0.15, 0.2) is 18.2 Å². The molecule has 0 radical (unpaired) electrons. The number of amides is 2. The molecule has 2 atom stereocenters. The Labute approximate surface area is 128 Å². The van der Waals surface area contributed by atoms with Gasteiger partial charge < -0.3 is 10.6 Å². The summed E-state index contributed by atoms with van der Waals surface area (Å²) in [5.74, 6) is -1.07. The highest BCUT2D eigenvalue weighted by Gasteiger charge is 2.28. The largest absolute Gasteiger partial charge is 0.338 e. The van der Waals surface area contributed by atoms with E-state index in [0.29, 0.717) is 6.42 Å². The molecule has 0 aliphatic carbocycles. The maximum atomic E-state index is 13.6. The van der Waals surface area contributed by atoms with Gasteiger partial charge in [0.1, 0.15) is 11.6 Å². The van der Waals surface area contributed by atoms with Crippen molar-refractivity contribution in [1.82, 2.24) is 10.6 Å². The van der Waals surface area contributed by atoms with Gasteiger partial charge in [-0.25, -0.2) is 22.0 Å². The van der Waals surface area contributed by atoms with Crippen LogP contribution in [0.25, 0.3) is 0 Å². The van der Waals surface area contributed by atoms with Crippen molar-refractivity contribution in [2.24, 2.45) is 5.92 Å². The SMILES string of the molecule is C[C@@H](NC(=O)NC[C@H]1CCS(=O)(=O)C1)c1cc(F)ccc1F. The maximum Gasteiger partial charge on any atom is 0.315 e. The van der Waals surface area contributed by atoms with Crippen molar-refractivity contribution in [1.29, 1.82) is 0 Å². The normalized spacial score (nSPS) is 21.3. The molecule has 1 aliphatic heterocycles. The van der Waals surface area contributed by atoms with Crippen LogP contribution in [0.2, 0.25) is 0 Å². The summed E-state index contributed by atoms with van der Waals surface area (Å²) in [6.45, 7) is 1.78. The molecule has 5 nitrogen and oxygen atoms in total. The van der Waals surface area contributed by atoms with Gasteiger partial charge in [-0.05, 0) is 37.5 Å². The molecule has 0 unspecified atom stereocenters. The van der Waals surface area contributed by atoms with Gasteiger partial charge in [0.15, 0.2) is 9.84 Å². The van der Waals surface area contributed by atoms with E-state index in [1.807, 2.05) is 0 Å². The quantitative estimate of drug-likeness (QED) is 0.882. The first-order chi connectivity index (χ1) is 10.3. The molecule has 2 amide bonds. The third kappa shape index (κ3) is 4.40. The average Bonchev–Trinajstić information content (AvgIpc) is 2.78. The van der Waals surface area contributed by atoms with Crippen LogP contribution in [-0.2, 0) is 9.84 Å². The number of halogens is 2. The van der Waals surface area contributed by atoms with Crippen molar-refractivity contribution >= 4 is 15.9 Å². The molecular formula is C14H18F2N2O3S. The fraction of sp³-hybridized carbons (Fsp3) is 0.500. The summed E-state index contributed by atoms with van der Waals surface area (Å²) in [5, 5.41) is 5.07. The molecule has 1 aromatic carbocycles. The van der Waals surface area contributed by atoms with Crippen molar-refractivity contribution in [2.75, 3.05) is 18.1 Å². The van der Waals surface area contributed by atoms with E-state index in [4.69, 9.17) is 0 Å². The molecule has 122 valence electrons. The van der Waals surface area contributed by atoms with E-state index in [-0.39, 0.29) is 29.5 Å². The first kappa shape index (κ1) is 16.7. The number of carbonyl (C=O) groups excluding carboxylic acids is 1. The minimum atomic E-state index is -2.98. The van der Waals surface area contributed by atoms with Gasteiger partial charge in [-0.15, -0.1) is 0 Å². The van der Waals surface area contributed by atoms with Crippen LogP contribution in [0.3, 0.4) is 0 Å². The molecule has 2 rings (SSSR count). The molecular weight excluding hydrogens is 314 g/mol. The summed E-state index contributed by atoms with van der Waals surface area (Å²) in [6, 6.07) is 1.79. The van der Waals surface area contributed by atoms with Gasteiger partial charge in [0.25, 0.3) is 0 Å². The lowest BCUT2D eigenvalue weighted by molar-refractivity contribution is 0.236. The van der Waals surface area contributed by atoms with E-state index in [1.54, 1.807) is 0 Å². The van der Waals surface area contributed by atoms with Crippen molar-refractivity contribution in [3.05, 3.63) is 35.4 Å². The lowest BCUT2D eigenvalue weighted by atomic mass is 10.1. The number of nitrogens with one attached hydrogen (secondary N) is 2. The molecule has 1 heterocycles. The van der Waals surface area contributed by atoms with Gasteiger partial charge in [0, 0.05) is 12.1 Å². The molecule has 8 heteroatoms. The number of rotatable bonds is 4. The highest BCUT2D eigenvalue weighted by atomic mass is 32.2. The fourth-order valence-corrected chi connectivity index (χ4v) is 4.30. The number of hydrogen-bond donors (Lipinski definition) is 2. The molecule has 22 heavy (non-hydrogen) atoms. The molecule has 0 aromatic heterocycles. The molecule has 2 N–H and O–H groups in total. The Kier molecular flexibility index (Phi) is 5.00. The summed E-state index contributed by atoms with van der Waals surface area (Å²) >= 11 is 0. The Bertz CT molecular complexity index is 664. The van der Waals surface area contributed by atoms with E-state index in [0.717, 1.165) is 18.2 Å². The lowest BCUT2D eigenvalue weighted by Gasteiger charge is -2.17. The monoisotopic (exact) mass is 332 g/mol. The topological polar surface area (TPSA) is 75.3 Å². The van der Waals surface area contributed by atoms with Crippen LogP contribution in [0.4, 0.5) is 13.6 Å². The third-order valence-corrected chi connectivity index (χ3v) is 5.49. The Morgan fingerprint density at radius 2 is 2.14 bits per heavy atom. The zero-order valence-electron chi connectivity index (χ0n) is 12.1. The second-order valence-electron chi connectivity index (χ2n) is 5.51. The lowest BCUT2D eigenvalue weighted by Crippen LogP contribution is -2.39. The van der Waals surface area contributed by atoms with Crippen LogP contribution in [0.1, 0.15) is 24.9 Å². The second-order valence-corrected chi connectivity index (χ2v) is 7.74. The number of hydrogen-bond acceptors (Lipinski definition) is 3. The van der Waals surface area contributed by atoms with Gasteiger partial charge in [0.2, 0.25) is 0 Å². The first-order valence-corrected chi connectivity index (χ1v) is 8.79. The minimum Gasteiger partial charge on any atom is -0.338 e. The highest BCUT2D eigenvalue weighted by Crippen LogP contribution is 2.19. The highest BCUT2D eigenvalue weighted by molar-refractivity contribution is 7.91. The molecule has 0 bridgehead atoms. The molecule has 1 fully saturated rings. The number of urea groups is 1. The maximum absolute atomic E-state index is 13.6. The van der Waals surface area contributed by atoms with E-state index in [9.17, 15) is 22.0 Å². The number of benzene rings is 1. The standard InChI is InChI=1S/C14H18F2N2O3S/c1-9(12-6-11(15)2-3-13(12)16)18-14(19)17-7-10-4-5-22(20,21)8-10/h2-3,6,9-10H,4-5,7-8H2,1H3,(H2,17,18,19)/t9-,10-/m1/s1. The second kappa shape index (κ2) is 6.60. The van der Waals surface area contributed by atoms with Gasteiger partial charge >= 0.3 is 6.03 Å². The van der Waals surface area contributed by atoms with E-state index < -0.39 is 33.5 Å². The Morgan fingerprint density at radius 1 is 1.41 bits per heavy atom. The molecule has 0 saturated carbocycles. The molecule has 1 aliphatic rings. The minimum absolute atomic E-state index is 0.0543. The van der Waals surface area contributed by atoms with Crippen LogP contribution < -0.4 is 10.6 Å². The average molecular weight is 332 g/mol. The summed E-state index contributed by atoms with van der Waals surface area (Å²) in [4.78, 5) is 11.8. The molecule has 1 aromatic rings. The summed E-state index contributed by atoms with van der Waals surface area (Å²) < 4.78 is 49.3. The van der Waals surface area contributed by atoms with E-state index in [1.165, 1.54) is 6.92 Å². The fourth-order valence-electron chi connectivity index (χ4n) is 2.44. The van der Waals surface area contributed by atoms with Crippen LogP contribution in [-0.4, -0.2) is 32.5 Å². The van der Waals surface area contributed by atoms with Gasteiger partial charge in [-0.1, -0.05) is 0 Å². The van der Waals surface area contributed by atoms with Gasteiger partial charge in [0.05, 0.1) is 17.5 Å². The zero-order chi connectivity index (χ0) is 16.3. The van der Waals surface area contributed by atoms with Crippen LogP contribution in [0, 0.1) is 17.6 Å². The Morgan fingerprint density at radius 3 is 2.77 bits per heavy atom. The van der Waals surface area contributed by atoms with Crippen molar-refractivity contribution in [3.8, 4) is 0 Å². The summed E-state index contributed by atoms with van der Waals surface area (Å²) in [7, 11) is -2.98. The van der Waals surface area contributed by atoms with Gasteiger partial charge in [-0.2, -0.15) is 0 Å². The van der Waals surface area contributed by atoms with Gasteiger partial charge in [-0.3, -0.25) is 0 Å². The Balaban J connectivity index is 1.85. The molecule has 1 saturated heterocycles. The number of sulfone groups is 1. The molecule has 0 spiro atoms. The zero-order valence-corrected chi connectivity index (χ0v) is 12.9. The predicted octanol–water partition coefficient (Wildman–Crippen LogP) is 1.76. The van der Waals surface area contributed by atoms with Crippen LogP contribution in [0.5, 0.6) is 0 Å². The Hall–Kier alpha value is -1.70. The predicted molar refractivity (Wildman–Crippen MR) is 78.1 cm³/mol. The number of carbonyl (C=O) groups is 1. The van der Waals surface area contributed by atoms with Crippen molar-refractivity contribution in [2.45, 2.75) is 19.4 Å². The smallest absolute Gasteiger partial charge is 0.315 e. The van der Waals surface area contributed by atoms with Crippen molar-refractivity contribution < 1.29 is 22.0 Å². The summed E-state index contributed by atoms with van der Waals surface area (Å²) in [5.41, 5.74) is 0.0543.